The van der Waals surface area contributed by atoms with Gasteiger partial charge in [-0.1, -0.05) is 6.07 Å². The molecule has 7 nitrogen and oxygen atoms in total. The van der Waals surface area contributed by atoms with E-state index in [4.69, 9.17) is 18.9 Å². The average molecular weight is 450 g/mol. The van der Waals surface area contributed by atoms with E-state index < -0.39 is 0 Å². The van der Waals surface area contributed by atoms with Gasteiger partial charge < -0.3 is 29.0 Å². The number of carbonyl (C=O) groups is 1. The second-order valence-electron chi connectivity index (χ2n) is 7.71. The maximum Gasteiger partial charge on any atom is 0.254 e. The first-order valence-electron chi connectivity index (χ1n) is 10.7. The van der Waals surface area contributed by atoms with Crippen LogP contribution < -0.4 is 18.9 Å². The van der Waals surface area contributed by atoms with Crippen molar-refractivity contribution in [3.63, 3.8) is 0 Å². The van der Waals surface area contributed by atoms with Crippen LogP contribution in [-0.4, -0.2) is 50.4 Å². The second kappa shape index (κ2) is 9.73. The van der Waals surface area contributed by atoms with Crippen molar-refractivity contribution in [1.82, 2.24) is 4.90 Å². The molecule has 1 atom stereocenters. The van der Waals surface area contributed by atoms with E-state index in [0.29, 0.717) is 35.8 Å². The van der Waals surface area contributed by atoms with Gasteiger partial charge in [0.25, 0.3) is 5.91 Å². The molecule has 1 aliphatic heterocycles. The monoisotopic (exact) mass is 449 g/mol. The lowest BCUT2D eigenvalue weighted by Crippen LogP contribution is -2.42. The van der Waals surface area contributed by atoms with Gasteiger partial charge in [-0.2, -0.15) is 0 Å². The number of carbonyl (C=O) groups excluding carboxylic acids is 1. The summed E-state index contributed by atoms with van der Waals surface area (Å²) in [5, 5.41) is 9.87. The number of benzene rings is 3. The van der Waals surface area contributed by atoms with Crippen molar-refractivity contribution < 1.29 is 28.8 Å². The van der Waals surface area contributed by atoms with Crippen LogP contribution in [0.3, 0.4) is 0 Å². The number of ether oxygens (including phenoxy) is 4. The van der Waals surface area contributed by atoms with Gasteiger partial charge in [0.15, 0.2) is 11.5 Å². The number of hydrogen-bond acceptors (Lipinski definition) is 6. The summed E-state index contributed by atoms with van der Waals surface area (Å²) in [5.74, 6) is 2.54. The summed E-state index contributed by atoms with van der Waals surface area (Å²) >= 11 is 0. The molecule has 1 heterocycles. The molecule has 3 aromatic rings. The molecule has 1 N–H and O–H groups in total. The van der Waals surface area contributed by atoms with Gasteiger partial charge >= 0.3 is 0 Å². The lowest BCUT2D eigenvalue weighted by Gasteiger charge is -2.37. The molecule has 1 amide bonds. The second-order valence-corrected chi connectivity index (χ2v) is 7.71. The number of methoxy groups -OCH3 is 3. The van der Waals surface area contributed by atoms with Gasteiger partial charge in [0.05, 0.1) is 27.4 Å². The van der Waals surface area contributed by atoms with Crippen LogP contribution in [0.15, 0.2) is 60.7 Å². The van der Waals surface area contributed by atoms with E-state index >= 15 is 0 Å². The van der Waals surface area contributed by atoms with Crippen LogP contribution in [0.25, 0.3) is 0 Å². The van der Waals surface area contributed by atoms with E-state index in [1.54, 1.807) is 44.4 Å². The quantitative estimate of drug-likeness (QED) is 0.582. The third-order valence-corrected chi connectivity index (χ3v) is 5.82. The molecule has 0 spiro atoms. The molecule has 0 aromatic heterocycles. The number of nitrogens with zero attached hydrogens (tertiary/aromatic N) is 1. The lowest BCUT2D eigenvalue weighted by atomic mass is 9.91. The highest BCUT2D eigenvalue weighted by molar-refractivity contribution is 5.95. The molecule has 0 bridgehead atoms. The Morgan fingerprint density at radius 1 is 0.939 bits per heavy atom. The van der Waals surface area contributed by atoms with E-state index in [9.17, 15) is 9.90 Å². The van der Waals surface area contributed by atoms with Gasteiger partial charge in [-0.25, -0.2) is 0 Å². The highest BCUT2D eigenvalue weighted by Crippen LogP contribution is 2.39. The summed E-state index contributed by atoms with van der Waals surface area (Å²) in [5.41, 5.74) is 2.45. The molecule has 7 heteroatoms. The lowest BCUT2D eigenvalue weighted by molar-refractivity contribution is 0.0589. The first-order chi connectivity index (χ1) is 16.0. The Morgan fingerprint density at radius 2 is 1.64 bits per heavy atom. The van der Waals surface area contributed by atoms with Crippen molar-refractivity contribution in [2.75, 3.05) is 34.5 Å². The van der Waals surface area contributed by atoms with Crippen LogP contribution in [0.5, 0.6) is 28.7 Å². The van der Waals surface area contributed by atoms with Crippen molar-refractivity contribution in [2.24, 2.45) is 0 Å². The SMILES string of the molecule is COc1ccc(OCC2c3cc(OC)c(OC)cc3CCN2C(=O)c2cccc(O)c2)cc1. The Bertz CT molecular complexity index is 1130. The number of phenolic OH excluding ortho intramolecular Hbond substituents is 1. The standard InChI is InChI=1S/C26H27NO6/c1-30-20-7-9-21(10-8-20)33-16-23-22-15-25(32-3)24(31-2)14-17(22)11-12-27(23)26(29)18-5-4-6-19(28)13-18/h4-10,13-15,23,28H,11-12,16H2,1-3H3. The predicted molar refractivity (Wildman–Crippen MR) is 124 cm³/mol. The first-order valence-corrected chi connectivity index (χ1v) is 10.7. The van der Waals surface area contributed by atoms with Gasteiger partial charge in [0.1, 0.15) is 23.9 Å². The first kappa shape index (κ1) is 22.3. The summed E-state index contributed by atoms with van der Waals surface area (Å²) in [4.78, 5) is 15.2. The predicted octanol–water partition coefficient (Wildman–Crippen LogP) is 4.24. The summed E-state index contributed by atoms with van der Waals surface area (Å²) in [7, 11) is 4.81. The van der Waals surface area contributed by atoms with Gasteiger partial charge in [-0.15, -0.1) is 0 Å². The zero-order chi connectivity index (χ0) is 23.4. The molecule has 0 saturated carbocycles. The normalized spacial score (nSPS) is 14.9. The Morgan fingerprint density at radius 3 is 2.30 bits per heavy atom. The van der Waals surface area contributed by atoms with Crippen molar-refractivity contribution in [2.45, 2.75) is 12.5 Å². The molecule has 0 aliphatic carbocycles. The molecule has 33 heavy (non-hydrogen) atoms. The fourth-order valence-electron chi connectivity index (χ4n) is 4.10. The van der Waals surface area contributed by atoms with E-state index in [0.717, 1.165) is 16.9 Å². The molecule has 172 valence electrons. The summed E-state index contributed by atoms with van der Waals surface area (Å²) in [6, 6.07) is 17.2. The van der Waals surface area contributed by atoms with Gasteiger partial charge in [-0.3, -0.25) is 4.79 Å². The minimum Gasteiger partial charge on any atom is -0.508 e. The summed E-state index contributed by atoms with van der Waals surface area (Å²) in [6.07, 6.45) is 0.666. The number of phenols is 1. The molecule has 1 aliphatic rings. The summed E-state index contributed by atoms with van der Waals surface area (Å²) < 4.78 is 22.3. The summed E-state index contributed by atoms with van der Waals surface area (Å²) in [6.45, 7) is 0.757. The van der Waals surface area contributed by atoms with E-state index in [1.807, 2.05) is 36.4 Å². The Balaban J connectivity index is 1.69. The zero-order valence-electron chi connectivity index (χ0n) is 18.9. The van der Waals surface area contributed by atoms with Crippen molar-refractivity contribution in [3.8, 4) is 28.7 Å². The van der Waals surface area contributed by atoms with E-state index in [-0.39, 0.29) is 24.3 Å². The van der Waals surface area contributed by atoms with Gasteiger partial charge in [-0.05, 0) is 72.1 Å². The van der Waals surface area contributed by atoms with Crippen LogP contribution in [0, 0.1) is 0 Å². The Kier molecular flexibility index (Phi) is 6.58. The molecule has 0 fully saturated rings. The van der Waals surface area contributed by atoms with Crippen LogP contribution in [0.4, 0.5) is 0 Å². The fourth-order valence-corrected chi connectivity index (χ4v) is 4.10. The van der Waals surface area contributed by atoms with Crippen molar-refractivity contribution in [3.05, 3.63) is 77.4 Å². The maximum absolute atomic E-state index is 13.4. The van der Waals surface area contributed by atoms with Crippen LogP contribution in [0.2, 0.25) is 0 Å². The molecule has 1 unspecified atom stereocenters. The van der Waals surface area contributed by atoms with Crippen LogP contribution >= 0.6 is 0 Å². The number of fused-ring (bicyclic) bond motifs is 1. The van der Waals surface area contributed by atoms with Gasteiger partial charge in [0.2, 0.25) is 0 Å². The number of hydrogen-bond donors (Lipinski definition) is 1. The number of rotatable bonds is 7. The molecule has 4 rings (SSSR count). The smallest absolute Gasteiger partial charge is 0.254 e. The molecular formula is C26H27NO6. The highest BCUT2D eigenvalue weighted by atomic mass is 16.5. The maximum atomic E-state index is 13.4. The van der Waals surface area contributed by atoms with E-state index in [1.165, 1.54) is 6.07 Å². The minimum absolute atomic E-state index is 0.0516. The number of amides is 1. The Labute approximate surface area is 193 Å². The highest BCUT2D eigenvalue weighted by Gasteiger charge is 2.33. The molecule has 0 radical (unpaired) electrons. The number of aromatic hydroxyl groups is 1. The van der Waals surface area contributed by atoms with Crippen molar-refractivity contribution >= 4 is 5.91 Å². The zero-order valence-corrected chi connectivity index (χ0v) is 18.9. The van der Waals surface area contributed by atoms with E-state index in [2.05, 4.69) is 0 Å². The molecule has 3 aromatic carbocycles. The molecular weight excluding hydrogens is 422 g/mol. The van der Waals surface area contributed by atoms with Crippen LogP contribution in [-0.2, 0) is 6.42 Å². The fraction of sp³-hybridized carbons (Fsp3) is 0.269. The van der Waals surface area contributed by atoms with Crippen LogP contribution in [0.1, 0.15) is 27.5 Å². The van der Waals surface area contributed by atoms with Gasteiger partial charge in [0, 0.05) is 12.1 Å². The Hall–Kier alpha value is -3.87. The third-order valence-electron chi connectivity index (χ3n) is 5.82. The average Bonchev–Trinajstić information content (AvgIpc) is 2.86. The molecule has 0 saturated heterocycles. The topological polar surface area (TPSA) is 77.5 Å². The largest absolute Gasteiger partial charge is 0.508 e. The van der Waals surface area contributed by atoms with Crippen molar-refractivity contribution in [1.29, 1.82) is 0 Å². The minimum atomic E-state index is -0.356. The third kappa shape index (κ3) is 4.67.